The van der Waals surface area contributed by atoms with Gasteiger partial charge in [-0.2, -0.15) is 5.10 Å². The summed E-state index contributed by atoms with van der Waals surface area (Å²) in [5, 5.41) is 7.21. The SMILES string of the molecule is CCOC(=O)c1c(CCCOc2cc(SCc3ccc(OC)cc3)cc3cc(F)ccc23)c2ccc(Cl)c(-c3c(C=O)nn(C)c3C)c2n1C. The third-order valence-electron chi connectivity index (χ3n) is 8.84. The van der Waals surface area contributed by atoms with E-state index in [1.807, 2.05) is 49.4 Å². The van der Waals surface area contributed by atoms with E-state index >= 15 is 0 Å². The molecule has 6 aromatic rings. The third kappa shape index (κ3) is 6.82. The van der Waals surface area contributed by atoms with E-state index in [0.717, 1.165) is 55.7 Å². The topological polar surface area (TPSA) is 84.6 Å². The van der Waals surface area contributed by atoms with Crippen LogP contribution in [0.5, 0.6) is 11.5 Å². The average Bonchev–Trinajstić information content (AvgIpc) is 3.56. The first-order chi connectivity index (χ1) is 24.1. The van der Waals surface area contributed by atoms with Crippen molar-refractivity contribution in [1.29, 1.82) is 0 Å². The van der Waals surface area contributed by atoms with Gasteiger partial charge in [0.2, 0.25) is 0 Å². The number of methoxy groups -OCH3 is 1. The fourth-order valence-electron chi connectivity index (χ4n) is 6.38. The zero-order chi connectivity index (χ0) is 35.5. The molecule has 258 valence electrons. The van der Waals surface area contributed by atoms with Crippen LogP contribution in [0.2, 0.25) is 5.02 Å². The van der Waals surface area contributed by atoms with Gasteiger partial charge in [0.15, 0.2) is 6.29 Å². The van der Waals surface area contributed by atoms with Crippen LogP contribution in [0.25, 0.3) is 32.8 Å². The van der Waals surface area contributed by atoms with Crippen LogP contribution >= 0.6 is 23.4 Å². The van der Waals surface area contributed by atoms with Crippen molar-refractivity contribution >= 4 is 57.3 Å². The number of aldehydes is 1. The minimum absolute atomic E-state index is 0.216. The maximum Gasteiger partial charge on any atom is 0.355 e. The van der Waals surface area contributed by atoms with Gasteiger partial charge >= 0.3 is 5.97 Å². The zero-order valence-electron chi connectivity index (χ0n) is 28.5. The van der Waals surface area contributed by atoms with Crippen LogP contribution in [0, 0.1) is 12.7 Å². The van der Waals surface area contributed by atoms with Crippen LogP contribution in [0.1, 0.15) is 51.1 Å². The molecule has 50 heavy (non-hydrogen) atoms. The summed E-state index contributed by atoms with van der Waals surface area (Å²) in [5.74, 6) is 1.42. The summed E-state index contributed by atoms with van der Waals surface area (Å²) < 4.78 is 34.9. The molecule has 8 nitrogen and oxygen atoms in total. The standard InChI is InChI=1S/C39H37ClFN3O5S/c1-6-48-39(46)38-30(31-15-16-32(40)36(37(31)43(38)3)35-23(2)44(4)42-33(35)21-45)8-7-17-49-34-20-28(19-25-18-26(41)11-14-29(25)34)50-22-24-9-12-27(47-5)13-10-24/h9-16,18-21H,6-8,17,22H2,1-5H3. The summed E-state index contributed by atoms with van der Waals surface area (Å²) >= 11 is 8.47. The van der Waals surface area contributed by atoms with E-state index in [2.05, 4.69) is 5.10 Å². The van der Waals surface area contributed by atoms with E-state index in [1.165, 1.54) is 12.1 Å². The largest absolute Gasteiger partial charge is 0.497 e. The van der Waals surface area contributed by atoms with Gasteiger partial charge in [0.1, 0.15) is 28.7 Å². The van der Waals surface area contributed by atoms with Gasteiger partial charge in [-0.05, 0) is 91.7 Å². The highest BCUT2D eigenvalue weighted by Crippen LogP contribution is 2.42. The molecule has 0 bridgehead atoms. The first-order valence-corrected chi connectivity index (χ1v) is 17.6. The molecule has 0 atom stereocenters. The minimum Gasteiger partial charge on any atom is -0.497 e. The van der Waals surface area contributed by atoms with Crippen molar-refractivity contribution in [1.82, 2.24) is 14.3 Å². The average molecular weight is 714 g/mol. The van der Waals surface area contributed by atoms with Crippen LogP contribution < -0.4 is 9.47 Å². The number of hydrogen-bond acceptors (Lipinski definition) is 7. The summed E-state index contributed by atoms with van der Waals surface area (Å²) in [6.45, 7) is 4.21. The maximum absolute atomic E-state index is 14.3. The van der Waals surface area contributed by atoms with Crippen molar-refractivity contribution in [3.05, 3.63) is 106 Å². The van der Waals surface area contributed by atoms with Crippen molar-refractivity contribution in [3.63, 3.8) is 0 Å². The Morgan fingerprint density at radius 3 is 2.50 bits per heavy atom. The molecule has 0 saturated carbocycles. The molecular weight excluding hydrogens is 677 g/mol. The van der Waals surface area contributed by atoms with Crippen molar-refractivity contribution in [2.75, 3.05) is 20.3 Å². The van der Waals surface area contributed by atoms with E-state index in [-0.39, 0.29) is 18.1 Å². The van der Waals surface area contributed by atoms with Crippen LogP contribution in [-0.4, -0.2) is 46.9 Å². The Morgan fingerprint density at radius 1 is 1.02 bits per heavy atom. The summed E-state index contributed by atoms with van der Waals surface area (Å²) in [6, 6.07) is 20.3. The number of aromatic nitrogens is 3. The molecule has 0 spiro atoms. The lowest BCUT2D eigenvalue weighted by atomic mass is 9.98. The summed E-state index contributed by atoms with van der Waals surface area (Å²) in [6.07, 6.45) is 1.79. The zero-order valence-corrected chi connectivity index (χ0v) is 30.1. The van der Waals surface area contributed by atoms with Crippen molar-refractivity contribution < 1.29 is 28.2 Å². The summed E-state index contributed by atoms with van der Waals surface area (Å²) in [7, 11) is 5.22. The van der Waals surface area contributed by atoms with Crippen LogP contribution in [0.4, 0.5) is 4.39 Å². The number of benzene rings is 4. The van der Waals surface area contributed by atoms with Gasteiger partial charge in [-0.1, -0.05) is 29.8 Å². The van der Waals surface area contributed by atoms with Gasteiger partial charge in [-0.15, -0.1) is 11.8 Å². The lowest BCUT2D eigenvalue weighted by Gasteiger charge is -2.13. The number of halogens is 2. The van der Waals surface area contributed by atoms with Gasteiger partial charge in [0.25, 0.3) is 0 Å². The van der Waals surface area contributed by atoms with E-state index in [1.54, 1.807) is 61.3 Å². The Balaban J connectivity index is 1.30. The number of nitrogens with zero attached hydrogens (tertiary/aromatic N) is 3. The number of aryl methyl sites for hydroxylation is 3. The molecule has 0 saturated heterocycles. The second kappa shape index (κ2) is 15.0. The van der Waals surface area contributed by atoms with Gasteiger partial charge in [-0.25, -0.2) is 9.18 Å². The first-order valence-electron chi connectivity index (χ1n) is 16.2. The van der Waals surface area contributed by atoms with Gasteiger partial charge in [-0.3, -0.25) is 9.48 Å². The van der Waals surface area contributed by atoms with E-state index in [0.29, 0.717) is 52.6 Å². The van der Waals surface area contributed by atoms with Crippen molar-refractivity contribution in [2.24, 2.45) is 14.1 Å². The quantitative estimate of drug-likeness (QED) is 0.0511. The normalized spacial score (nSPS) is 11.3. The molecule has 0 fully saturated rings. The Hall–Kier alpha value is -4.80. The molecule has 11 heteroatoms. The molecule has 4 aromatic carbocycles. The van der Waals surface area contributed by atoms with Crippen molar-refractivity contribution in [3.8, 4) is 22.6 Å². The Labute approximate surface area is 299 Å². The number of fused-ring (bicyclic) bond motifs is 2. The van der Waals surface area contributed by atoms with Gasteiger partial charge < -0.3 is 18.8 Å². The summed E-state index contributed by atoms with van der Waals surface area (Å²) in [4.78, 5) is 26.4. The fraction of sp³-hybridized carbons (Fsp3) is 0.256. The molecule has 0 radical (unpaired) electrons. The lowest BCUT2D eigenvalue weighted by Crippen LogP contribution is -2.13. The predicted molar refractivity (Wildman–Crippen MR) is 196 cm³/mol. The molecule has 2 aromatic heterocycles. The second-order valence-corrected chi connectivity index (χ2v) is 13.3. The third-order valence-corrected chi connectivity index (χ3v) is 10.2. The number of carbonyl (C=O) groups excluding carboxylic acids is 2. The number of esters is 1. The van der Waals surface area contributed by atoms with Crippen LogP contribution in [0.15, 0.2) is 71.6 Å². The second-order valence-electron chi connectivity index (χ2n) is 11.9. The Bertz CT molecular complexity index is 2230. The molecule has 0 N–H and O–H groups in total. The van der Waals surface area contributed by atoms with E-state index in [9.17, 15) is 14.0 Å². The number of rotatable bonds is 13. The molecule has 0 aliphatic rings. The number of hydrogen-bond donors (Lipinski definition) is 0. The molecule has 0 unspecified atom stereocenters. The highest BCUT2D eigenvalue weighted by Gasteiger charge is 2.28. The van der Waals surface area contributed by atoms with Crippen LogP contribution in [0.3, 0.4) is 0 Å². The lowest BCUT2D eigenvalue weighted by molar-refractivity contribution is 0.0514. The van der Waals surface area contributed by atoms with E-state index in [4.69, 9.17) is 25.8 Å². The Kier molecular flexibility index (Phi) is 10.5. The van der Waals surface area contributed by atoms with Gasteiger partial charge in [0.05, 0.1) is 30.9 Å². The molecular formula is C39H37ClFN3O5S. The number of ether oxygens (including phenoxy) is 3. The van der Waals surface area contributed by atoms with Gasteiger partial charge in [0, 0.05) is 52.3 Å². The molecule has 2 heterocycles. The predicted octanol–water partition coefficient (Wildman–Crippen LogP) is 9.13. The minimum atomic E-state index is -0.447. The first kappa shape index (κ1) is 35.0. The smallest absolute Gasteiger partial charge is 0.355 e. The molecule has 6 rings (SSSR count). The Morgan fingerprint density at radius 2 is 1.78 bits per heavy atom. The van der Waals surface area contributed by atoms with Crippen molar-refractivity contribution in [2.45, 2.75) is 37.3 Å². The fourth-order valence-corrected chi connectivity index (χ4v) is 7.55. The monoisotopic (exact) mass is 713 g/mol. The van der Waals surface area contributed by atoms with E-state index < -0.39 is 5.97 Å². The highest BCUT2D eigenvalue weighted by molar-refractivity contribution is 7.98. The number of thioether (sulfide) groups is 1. The molecule has 0 aliphatic carbocycles. The summed E-state index contributed by atoms with van der Waals surface area (Å²) in [5.41, 5.74) is 5.36. The highest BCUT2D eigenvalue weighted by atomic mass is 35.5. The van der Waals surface area contributed by atoms with Crippen LogP contribution in [-0.2, 0) is 31.0 Å². The molecule has 0 amide bonds. The maximum atomic E-state index is 14.3. The number of carbonyl (C=O) groups is 2. The molecule has 0 aliphatic heterocycles.